The summed E-state index contributed by atoms with van der Waals surface area (Å²) in [7, 11) is 1.41. The largest absolute Gasteiger partial charge is 0.327 e. The highest BCUT2D eigenvalue weighted by Gasteiger charge is 2.29. The van der Waals surface area contributed by atoms with Gasteiger partial charge in [0, 0.05) is 53.7 Å². The van der Waals surface area contributed by atoms with E-state index in [1.54, 1.807) is 23.3 Å². The minimum Gasteiger partial charge on any atom is -0.327 e. The molecule has 0 unspecified atom stereocenters. The van der Waals surface area contributed by atoms with E-state index in [1.807, 2.05) is 0 Å². The van der Waals surface area contributed by atoms with Crippen LogP contribution in [0.5, 0.6) is 0 Å². The molecule has 2 aromatic rings. The van der Waals surface area contributed by atoms with Gasteiger partial charge in [-0.2, -0.15) is 0 Å². The van der Waals surface area contributed by atoms with Crippen molar-refractivity contribution in [3.05, 3.63) is 33.9 Å². The van der Waals surface area contributed by atoms with Crippen LogP contribution in [0.1, 0.15) is 41.6 Å². The van der Waals surface area contributed by atoms with Crippen LogP contribution in [-0.2, 0) is 0 Å². The molecule has 1 aliphatic rings. The van der Waals surface area contributed by atoms with E-state index in [4.69, 9.17) is 0 Å². The number of Topliss-reactive ketones (excluding diaryl/α,β-unsaturated/α-hetero) is 1. The van der Waals surface area contributed by atoms with E-state index in [0.717, 1.165) is 23.8 Å². The minimum atomic E-state index is -0.133. The first-order chi connectivity index (χ1) is 8.63. The number of pyridine rings is 1. The number of hydrogen-bond acceptors (Lipinski definition) is 3. The van der Waals surface area contributed by atoms with E-state index in [-0.39, 0.29) is 11.3 Å². The molecular formula is C12H11IN2O2S. The van der Waals surface area contributed by atoms with Crippen LogP contribution >= 0.6 is 30.3 Å². The Morgan fingerprint density at radius 3 is 2.83 bits per heavy atom. The van der Waals surface area contributed by atoms with Gasteiger partial charge in [-0.1, -0.05) is 0 Å². The number of H-pyrrole nitrogens is 1. The van der Waals surface area contributed by atoms with Crippen LogP contribution in [0.2, 0.25) is 0 Å². The average molecular weight is 374 g/mol. The SMILES string of the molecule is CC(=O)c1cn(SI)c2c(=O)[nH]cc(C3CC3)c12. The summed E-state index contributed by atoms with van der Waals surface area (Å²) in [5.41, 5.74) is 2.23. The van der Waals surface area contributed by atoms with Crippen LogP contribution in [0.25, 0.3) is 10.9 Å². The van der Waals surface area contributed by atoms with Gasteiger partial charge in [0.15, 0.2) is 5.78 Å². The summed E-state index contributed by atoms with van der Waals surface area (Å²) in [6.07, 6.45) is 5.82. The topological polar surface area (TPSA) is 54.9 Å². The molecule has 94 valence electrons. The molecule has 0 aliphatic heterocycles. The highest BCUT2D eigenvalue weighted by atomic mass is 127. The number of ketones is 1. The Morgan fingerprint density at radius 1 is 1.56 bits per heavy atom. The zero-order chi connectivity index (χ0) is 12.9. The maximum atomic E-state index is 12.0. The van der Waals surface area contributed by atoms with Crippen molar-refractivity contribution in [3.8, 4) is 0 Å². The standard InChI is InChI=1S/C12H11IN2O2S/c1-6(16)9-5-15(18-13)11-10(9)8(7-2-3-7)4-14-12(11)17/h4-5,7H,2-3H2,1H3,(H,14,17). The third-order valence-corrected chi connectivity index (χ3v) is 5.02. The second-order valence-corrected chi connectivity index (χ2v) is 6.28. The Morgan fingerprint density at radius 2 is 2.28 bits per heavy atom. The molecule has 0 aromatic carbocycles. The summed E-state index contributed by atoms with van der Waals surface area (Å²) in [4.78, 5) is 26.5. The summed E-state index contributed by atoms with van der Waals surface area (Å²) in [6, 6.07) is 0. The lowest BCUT2D eigenvalue weighted by atomic mass is 10.0. The van der Waals surface area contributed by atoms with Crippen molar-refractivity contribution in [2.24, 2.45) is 0 Å². The minimum absolute atomic E-state index is 0.0108. The summed E-state index contributed by atoms with van der Waals surface area (Å²) < 4.78 is 1.78. The van der Waals surface area contributed by atoms with Crippen LogP contribution in [0.4, 0.5) is 0 Å². The molecule has 0 radical (unpaired) electrons. The van der Waals surface area contributed by atoms with Crippen molar-refractivity contribution >= 4 is 47.0 Å². The zero-order valence-corrected chi connectivity index (χ0v) is 12.7. The van der Waals surface area contributed by atoms with E-state index in [2.05, 4.69) is 26.2 Å². The number of aromatic amines is 1. The van der Waals surface area contributed by atoms with Gasteiger partial charge in [-0.05, 0) is 31.2 Å². The van der Waals surface area contributed by atoms with Crippen molar-refractivity contribution in [3.63, 3.8) is 0 Å². The molecule has 0 saturated heterocycles. The molecule has 2 aromatic heterocycles. The number of hydrogen-bond donors (Lipinski definition) is 1. The first kappa shape index (κ1) is 12.3. The van der Waals surface area contributed by atoms with E-state index < -0.39 is 0 Å². The molecule has 0 amide bonds. The van der Waals surface area contributed by atoms with Gasteiger partial charge in [-0.25, -0.2) is 0 Å². The molecule has 0 spiro atoms. The smallest absolute Gasteiger partial charge is 0.273 e. The van der Waals surface area contributed by atoms with Gasteiger partial charge in [0.1, 0.15) is 5.52 Å². The van der Waals surface area contributed by atoms with E-state index in [9.17, 15) is 9.59 Å². The highest BCUT2D eigenvalue weighted by Crippen LogP contribution is 2.44. The molecule has 1 N–H and O–H groups in total. The number of nitrogens with zero attached hydrogens (tertiary/aromatic N) is 1. The van der Waals surface area contributed by atoms with Gasteiger partial charge >= 0.3 is 0 Å². The molecule has 4 nitrogen and oxygen atoms in total. The highest BCUT2D eigenvalue weighted by molar-refractivity contribution is 14.2. The molecule has 6 heteroatoms. The number of aromatic nitrogens is 2. The third kappa shape index (κ3) is 1.82. The van der Waals surface area contributed by atoms with Gasteiger partial charge in [-0.15, -0.1) is 0 Å². The van der Waals surface area contributed by atoms with Crippen molar-refractivity contribution in [1.29, 1.82) is 0 Å². The zero-order valence-electron chi connectivity index (χ0n) is 9.70. The van der Waals surface area contributed by atoms with Crippen LogP contribution in [0, 0.1) is 0 Å². The molecule has 0 atom stereocenters. The first-order valence-electron chi connectivity index (χ1n) is 5.70. The van der Waals surface area contributed by atoms with Gasteiger partial charge in [0.2, 0.25) is 0 Å². The lowest BCUT2D eigenvalue weighted by Gasteiger charge is -2.03. The van der Waals surface area contributed by atoms with Gasteiger partial charge < -0.3 is 4.98 Å². The molecule has 1 saturated carbocycles. The van der Waals surface area contributed by atoms with Gasteiger partial charge in [0.05, 0.1) is 0 Å². The lowest BCUT2D eigenvalue weighted by Crippen LogP contribution is -2.09. The molecular weight excluding hydrogens is 363 g/mol. The Hall–Kier alpha value is -0.760. The van der Waals surface area contributed by atoms with Crippen molar-refractivity contribution in [2.45, 2.75) is 25.7 Å². The fourth-order valence-corrected chi connectivity index (χ4v) is 3.63. The first-order valence-corrected chi connectivity index (χ1v) is 9.01. The Labute approximate surface area is 120 Å². The lowest BCUT2D eigenvalue weighted by molar-refractivity contribution is 0.101. The normalized spacial score (nSPS) is 15.2. The second kappa shape index (κ2) is 4.41. The Kier molecular flexibility index (Phi) is 3.01. The quantitative estimate of drug-likeness (QED) is 0.663. The van der Waals surface area contributed by atoms with Crippen LogP contribution in [0.3, 0.4) is 0 Å². The van der Waals surface area contributed by atoms with E-state index in [0.29, 0.717) is 17.0 Å². The van der Waals surface area contributed by atoms with E-state index in [1.165, 1.54) is 9.12 Å². The molecule has 1 aliphatic carbocycles. The molecule has 2 heterocycles. The van der Waals surface area contributed by atoms with Crippen LogP contribution in [-0.4, -0.2) is 14.7 Å². The predicted molar refractivity (Wildman–Crippen MR) is 81.5 cm³/mol. The summed E-state index contributed by atoms with van der Waals surface area (Å²) in [5.74, 6) is 0.509. The third-order valence-electron chi connectivity index (χ3n) is 3.31. The maximum absolute atomic E-state index is 12.0. The van der Waals surface area contributed by atoms with Gasteiger partial charge in [0.25, 0.3) is 5.56 Å². The van der Waals surface area contributed by atoms with Gasteiger partial charge in [-0.3, -0.25) is 13.6 Å². The molecule has 1 fully saturated rings. The number of carbonyl (C=O) groups excluding carboxylic acids is 1. The molecule has 0 bridgehead atoms. The number of halogens is 1. The van der Waals surface area contributed by atoms with Crippen LogP contribution < -0.4 is 5.56 Å². The van der Waals surface area contributed by atoms with Crippen molar-refractivity contribution in [2.75, 3.05) is 0 Å². The monoisotopic (exact) mass is 374 g/mol. The second-order valence-electron chi connectivity index (χ2n) is 4.56. The number of fused-ring (bicyclic) bond motifs is 1. The summed E-state index contributed by atoms with van der Waals surface area (Å²) in [6.45, 7) is 1.55. The Balaban J connectivity index is 2.45. The number of carbonyl (C=O) groups is 1. The number of rotatable bonds is 3. The Bertz CT molecular complexity index is 700. The average Bonchev–Trinajstić information content (AvgIpc) is 3.09. The predicted octanol–water partition coefficient (Wildman–Crippen LogP) is 3.26. The maximum Gasteiger partial charge on any atom is 0.273 e. The van der Waals surface area contributed by atoms with E-state index >= 15 is 0 Å². The summed E-state index contributed by atoms with van der Waals surface area (Å²) in [5, 5.41) is 0.845. The molecule has 3 rings (SSSR count). The fourth-order valence-electron chi connectivity index (χ4n) is 2.31. The fraction of sp³-hybridized carbons (Fsp3) is 0.333. The van der Waals surface area contributed by atoms with Crippen LogP contribution in [0.15, 0.2) is 17.2 Å². The molecule has 18 heavy (non-hydrogen) atoms. The number of nitrogens with one attached hydrogen (secondary N) is 1. The van der Waals surface area contributed by atoms with Crippen molar-refractivity contribution < 1.29 is 4.79 Å². The van der Waals surface area contributed by atoms with Crippen molar-refractivity contribution in [1.82, 2.24) is 8.96 Å². The summed E-state index contributed by atoms with van der Waals surface area (Å²) >= 11 is 2.12.